The van der Waals surface area contributed by atoms with E-state index < -0.39 is 5.97 Å². The Kier molecular flexibility index (Phi) is 9.81. The number of carboxylic acid groups (broad SMARTS) is 1. The molecule has 3 heteroatoms. The van der Waals surface area contributed by atoms with Crippen LogP contribution in [0.15, 0.2) is 46.6 Å². The number of allylic oxidation sites excluding steroid dienone is 6. The van der Waals surface area contributed by atoms with E-state index in [0.29, 0.717) is 5.92 Å². The first-order valence-corrected chi connectivity index (χ1v) is 12.2. The summed E-state index contributed by atoms with van der Waals surface area (Å²) in [4.78, 5) is 10.9. The number of carbonyl (C=O) groups is 1. The molecule has 0 aromatic heterocycles. The first kappa shape index (κ1) is 25.6. The summed E-state index contributed by atoms with van der Waals surface area (Å²) in [5.41, 5.74) is 5.71. The third-order valence-electron chi connectivity index (χ3n) is 7.28. The molecular weight excluding hydrogens is 384 g/mol. The fraction of sp³-hybridized carbons (Fsp3) is 0.679. The summed E-state index contributed by atoms with van der Waals surface area (Å²) in [6, 6.07) is 0. The molecule has 2 aliphatic rings. The topological polar surface area (TPSA) is 46.5 Å². The molecule has 4 atom stereocenters. The van der Waals surface area contributed by atoms with Crippen LogP contribution in [-0.4, -0.2) is 22.8 Å². The molecule has 0 spiro atoms. The Morgan fingerprint density at radius 1 is 1.23 bits per heavy atom. The number of rotatable bonds is 11. The van der Waals surface area contributed by atoms with E-state index in [1.807, 2.05) is 0 Å². The van der Waals surface area contributed by atoms with Crippen LogP contribution in [-0.2, 0) is 9.53 Å². The van der Waals surface area contributed by atoms with Crippen LogP contribution in [0.3, 0.4) is 0 Å². The average molecular weight is 429 g/mol. The highest BCUT2D eigenvalue weighted by Gasteiger charge is 2.38. The molecule has 4 unspecified atom stereocenters. The highest BCUT2D eigenvalue weighted by Crippen LogP contribution is 2.41. The van der Waals surface area contributed by atoms with Crippen LogP contribution in [0.2, 0.25) is 0 Å². The fourth-order valence-corrected chi connectivity index (χ4v) is 4.59. The van der Waals surface area contributed by atoms with E-state index in [1.165, 1.54) is 22.3 Å². The van der Waals surface area contributed by atoms with Gasteiger partial charge in [0.2, 0.25) is 0 Å². The van der Waals surface area contributed by atoms with Crippen molar-refractivity contribution in [3.8, 4) is 0 Å². The Labute approximate surface area is 190 Å². The number of aliphatic carboxylic acids is 1. The van der Waals surface area contributed by atoms with Gasteiger partial charge in [-0.25, -0.2) is 0 Å². The standard InChI is InChI=1S/C28H44O3/c1-20(12-8-14-23(4)27(29)30)10-7-11-21(2)13-9-18-28(6)19-17-25-16-15-22(3)24(5)26(25)31-28/h10,13,15-16,23-24,26H,7-9,11-12,14,17-19H2,1-6H3,(H,29,30)/b20-10+,21-13+. The van der Waals surface area contributed by atoms with Crippen molar-refractivity contribution in [2.75, 3.05) is 0 Å². The predicted molar refractivity (Wildman–Crippen MR) is 130 cm³/mol. The van der Waals surface area contributed by atoms with Crippen molar-refractivity contribution >= 4 is 5.97 Å². The summed E-state index contributed by atoms with van der Waals surface area (Å²) in [5, 5.41) is 8.96. The van der Waals surface area contributed by atoms with Crippen molar-refractivity contribution in [1.29, 1.82) is 0 Å². The molecule has 2 rings (SSSR count). The lowest BCUT2D eigenvalue weighted by atomic mass is 9.78. The molecule has 174 valence electrons. The normalized spacial score (nSPS) is 27.9. The molecular formula is C28H44O3. The third kappa shape index (κ3) is 8.11. The highest BCUT2D eigenvalue weighted by atomic mass is 16.5. The van der Waals surface area contributed by atoms with E-state index in [2.05, 4.69) is 58.9 Å². The Morgan fingerprint density at radius 3 is 2.61 bits per heavy atom. The maximum atomic E-state index is 10.9. The van der Waals surface area contributed by atoms with E-state index in [-0.39, 0.29) is 17.6 Å². The molecule has 0 aromatic rings. The van der Waals surface area contributed by atoms with Gasteiger partial charge >= 0.3 is 5.97 Å². The largest absolute Gasteiger partial charge is 0.481 e. The van der Waals surface area contributed by atoms with Crippen LogP contribution >= 0.6 is 0 Å². The Bertz CT molecular complexity index is 739. The predicted octanol–water partition coefficient (Wildman–Crippen LogP) is 7.79. The molecule has 31 heavy (non-hydrogen) atoms. The molecule has 0 radical (unpaired) electrons. The zero-order valence-corrected chi connectivity index (χ0v) is 20.7. The van der Waals surface area contributed by atoms with Crippen molar-refractivity contribution in [3.05, 3.63) is 46.6 Å². The molecule has 1 aliphatic heterocycles. The van der Waals surface area contributed by atoms with Gasteiger partial charge in [-0.2, -0.15) is 0 Å². The second-order valence-electron chi connectivity index (χ2n) is 10.2. The van der Waals surface area contributed by atoms with Crippen LogP contribution < -0.4 is 0 Å². The molecule has 1 N–H and O–H groups in total. The first-order valence-electron chi connectivity index (χ1n) is 12.2. The molecule has 0 amide bonds. The Hall–Kier alpha value is -1.61. The summed E-state index contributed by atoms with van der Waals surface area (Å²) in [5.74, 6) is -0.441. The van der Waals surface area contributed by atoms with Gasteiger partial charge in [0.1, 0.15) is 0 Å². The van der Waals surface area contributed by atoms with E-state index >= 15 is 0 Å². The van der Waals surface area contributed by atoms with Crippen LogP contribution in [0.25, 0.3) is 0 Å². The van der Waals surface area contributed by atoms with E-state index in [0.717, 1.165) is 57.8 Å². The molecule has 1 fully saturated rings. The molecule has 1 aliphatic carbocycles. The van der Waals surface area contributed by atoms with E-state index in [9.17, 15) is 4.79 Å². The maximum Gasteiger partial charge on any atom is 0.306 e. The van der Waals surface area contributed by atoms with Crippen molar-refractivity contribution in [2.45, 2.75) is 111 Å². The van der Waals surface area contributed by atoms with Gasteiger partial charge < -0.3 is 9.84 Å². The van der Waals surface area contributed by atoms with Gasteiger partial charge in [0.05, 0.1) is 17.6 Å². The minimum atomic E-state index is -0.688. The summed E-state index contributed by atoms with van der Waals surface area (Å²) >= 11 is 0. The smallest absolute Gasteiger partial charge is 0.306 e. The Morgan fingerprint density at radius 2 is 1.90 bits per heavy atom. The van der Waals surface area contributed by atoms with Gasteiger partial charge in [0.25, 0.3) is 0 Å². The lowest BCUT2D eigenvalue weighted by molar-refractivity contribution is -0.141. The second-order valence-corrected chi connectivity index (χ2v) is 10.2. The number of hydrogen-bond acceptors (Lipinski definition) is 2. The average Bonchev–Trinajstić information content (AvgIpc) is 2.71. The number of hydrogen-bond donors (Lipinski definition) is 1. The summed E-state index contributed by atoms with van der Waals surface area (Å²) in [6.07, 6.45) is 18.8. The molecule has 0 bridgehead atoms. The van der Waals surface area contributed by atoms with Crippen molar-refractivity contribution < 1.29 is 14.6 Å². The summed E-state index contributed by atoms with van der Waals surface area (Å²) in [7, 11) is 0. The van der Waals surface area contributed by atoms with Crippen molar-refractivity contribution in [3.63, 3.8) is 0 Å². The van der Waals surface area contributed by atoms with E-state index in [4.69, 9.17) is 9.84 Å². The van der Waals surface area contributed by atoms with Crippen molar-refractivity contribution in [2.24, 2.45) is 11.8 Å². The zero-order valence-electron chi connectivity index (χ0n) is 20.7. The van der Waals surface area contributed by atoms with Gasteiger partial charge in [-0.05, 0) is 91.1 Å². The van der Waals surface area contributed by atoms with Gasteiger partial charge in [0, 0.05) is 5.92 Å². The molecule has 1 heterocycles. The number of ether oxygens (including phenoxy) is 1. The molecule has 3 nitrogen and oxygen atoms in total. The first-order chi connectivity index (χ1) is 14.6. The van der Waals surface area contributed by atoms with E-state index in [1.54, 1.807) is 6.92 Å². The summed E-state index contributed by atoms with van der Waals surface area (Å²) in [6.45, 7) is 13.0. The van der Waals surface area contributed by atoms with Crippen LogP contribution in [0.1, 0.15) is 99.3 Å². The fourth-order valence-electron chi connectivity index (χ4n) is 4.59. The number of carboxylic acids is 1. The van der Waals surface area contributed by atoms with Gasteiger partial charge in [0.15, 0.2) is 0 Å². The van der Waals surface area contributed by atoms with Crippen LogP contribution in [0.5, 0.6) is 0 Å². The monoisotopic (exact) mass is 428 g/mol. The lowest BCUT2D eigenvalue weighted by Gasteiger charge is -2.44. The molecule has 0 aromatic carbocycles. The van der Waals surface area contributed by atoms with Gasteiger partial charge in [-0.3, -0.25) is 4.79 Å². The van der Waals surface area contributed by atoms with Crippen LogP contribution in [0, 0.1) is 11.8 Å². The van der Waals surface area contributed by atoms with Crippen molar-refractivity contribution in [1.82, 2.24) is 0 Å². The minimum Gasteiger partial charge on any atom is -0.481 e. The second kappa shape index (κ2) is 11.9. The third-order valence-corrected chi connectivity index (χ3v) is 7.28. The maximum absolute atomic E-state index is 10.9. The zero-order chi connectivity index (χ0) is 23.0. The van der Waals surface area contributed by atoms with Gasteiger partial charge in [-0.1, -0.05) is 54.9 Å². The number of fused-ring (bicyclic) bond motifs is 1. The Balaban J connectivity index is 1.71. The quantitative estimate of drug-likeness (QED) is 0.342. The molecule has 1 saturated heterocycles. The lowest BCUT2D eigenvalue weighted by Crippen LogP contribution is -2.43. The minimum absolute atomic E-state index is 0.0196. The van der Waals surface area contributed by atoms with Crippen LogP contribution in [0.4, 0.5) is 0 Å². The molecule has 0 saturated carbocycles. The summed E-state index contributed by atoms with van der Waals surface area (Å²) < 4.78 is 6.64. The van der Waals surface area contributed by atoms with Gasteiger partial charge in [-0.15, -0.1) is 0 Å². The highest BCUT2D eigenvalue weighted by molar-refractivity contribution is 5.69. The SMILES string of the molecule is CC1=CC=C2CCC(C)(CC/C=C(\C)CC/C=C(\C)CCCC(C)C(=O)O)OC2C1C.